The van der Waals surface area contributed by atoms with Gasteiger partial charge in [-0.3, -0.25) is 4.98 Å². The molecule has 0 saturated heterocycles. The molecule has 13 rings (SSSR count). The van der Waals surface area contributed by atoms with Gasteiger partial charge in [0, 0.05) is 61.8 Å². The van der Waals surface area contributed by atoms with Crippen LogP contribution in [0.25, 0.3) is 123 Å². The van der Waals surface area contributed by atoms with Gasteiger partial charge in [0.2, 0.25) is 0 Å². The van der Waals surface area contributed by atoms with Crippen molar-refractivity contribution in [2.75, 3.05) is 0 Å². The number of hydrogen-bond donors (Lipinski definition) is 0. The van der Waals surface area contributed by atoms with Gasteiger partial charge in [-0.15, -0.1) is 0 Å². The second kappa shape index (κ2) is 19.8. The monoisotopic (exact) mass is 1140 g/mol. The summed E-state index contributed by atoms with van der Waals surface area (Å²) >= 11 is 0. The van der Waals surface area contributed by atoms with Crippen molar-refractivity contribution in [2.45, 2.75) is 24.7 Å². The van der Waals surface area contributed by atoms with Crippen molar-refractivity contribution in [2.24, 2.45) is 0 Å². The van der Waals surface area contributed by atoms with Crippen LogP contribution in [0.1, 0.15) is 22.3 Å². The maximum atomic E-state index is 14.7. The quantitative estimate of drug-likeness (QED) is 0.142. The fourth-order valence-corrected chi connectivity index (χ4v) is 11.0. The van der Waals surface area contributed by atoms with E-state index in [1.54, 1.807) is 67.0 Å². The molecule has 84 heavy (non-hydrogen) atoms. The first-order chi connectivity index (χ1) is 40.2. The van der Waals surface area contributed by atoms with Crippen LogP contribution in [-0.4, -0.2) is 29.1 Å². The first-order valence-corrected chi connectivity index (χ1v) is 25.8. The lowest BCUT2D eigenvalue weighted by Crippen LogP contribution is -2.12. The van der Waals surface area contributed by atoms with Crippen molar-refractivity contribution in [1.29, 1.82) is 0 Å². The summed E-state index contributed by atoms with van der Waals surface area (Å²) in [6, 6.07) is 52.4. The summed E-state index contributed by atoms with van der Waals surface area (Å²) in [6.45, 7) is 0. The van der Waals surface area contributed by atoms with Gasteiger partial charge in [0.05, 0.1) is 55.7 Å². The third-order valence-electron chi connectivity index (χ3n) is 14.8. The van der Waals surface area contributed by atoms with Gasteiger partial charge in [0.15, 0.2) is 17.5 Å². The number of halogens is 12. The molecule has 0 aliphatic heterocycles. The van der Waals surface area contributed by atoms with E-state index in [9.17, 15) is 52.7 Å². The van der Waals surface area contributed by atoms with Gasteiger partial charge < -0.3 is 9.13 Å². The van der Waals surface area contributed by atoms with Crippen molar-refractivity contribution < 1.29 is 52.7 Å². The highest BCUT2D eigenvalue weighted by molar-refractivity contribution is 6.13. The number of nitrogens with zero attached hydrogens (tertiary/aromatic N) is 6. The number of benzene rings is 9. The molecule has 4 heterocycles. The van der Waals surface area contributed by atoms with E-state index in [0.717, 1.165) is 12.1 Å². The molecule has 0 N–H and O–H groups in total. The largest absolute Gasteiger partial charge is 0.417 e. The molecular formula is C66H36F12N6. The molecule has 6 nitrogen and oxygen atoms in total. The maximum absolute atomic E-state index is 14.7. The fourth-order valence-electron chi connectivity index (χ4n) is 11.0. The summed E-state index contributed by atoms with van der Waals surface area (Å²) in [7, 11) is 0. The Hall–Kier alpha value is -10.1. The zero-order valence-electron chi connectivity index (χ0n) is 43.0. The highest BCUT2D eigenvalue weighted by atomic mass is 19.4. The van der Waals surface area contributed by atoms with Gasteiger partial charge in [-0.25, -0.2) is 15.0 Å². The van der Waals surface area contributed by atoms with E-state index in [2.05, 4.69) is 4.98 Å². The number of fused-ring (bicyclic) bond motifs is 6. The summed E-state index contributed by atoms with van der Waals surface area (Å²) in [4.78, 5) is 19.5. The van der Waals surface area contributed by atoms with Crippen molar-refractivity contribution in [1.82, 2.24) is 29.1 Å². The van der Waals surface area contributed by atoms with Crippen LogP contribution in [0.4, 0.5) is 52.7 Å². The van der Waals surface area contributed by atoms with E-state index in [-0.39, 0.29) is 29.1 Å². The zero-order chi connectivity index (χ0) is 58.5. The molecule has 0 radical (unpaired) electrons. The maximum Gasteiger partial charge on any atom is 0.417 e. The van der Waals surface area contributed by atoms with Crippen LogP contribution in [0.5, 0.6) is 0 Å². The van der Waals surface area contributed by atoms with E-state index in [4.69, 9.17) is 15.0 Å². The van der Waals surface area contributed by atoms with E-state index in [0.29, 0.717) is 107 Å². The second-order valence-electron chi connectivity index (χ2n) is 19.8. The summed E-state index contributed by atoms with van der Waals surface area (Å²) in [5.41, 5.74) is -0.546. The molecule has 0 aliphatic carbocycles. The van der Waals surface area contributed by atoms with E-state index < -0.39 is 58.1 Å². The number of rotatable bonds is 8. The lowest BCUT2D eigenvalue weighted by molar-refractivity contribution is -0.144. The molecule has 0 amide bonds. The Morgan fingerprint density at radius 2 is 0.690 bits per heavy atom. The Labute approximate surface area is 468 Å². The zero-order valence-corrected chi connectivity index (χ0v) is 43.0. The van der Waals surface area contributed by atoms with Crippen LogP contribution in [0.3, 0.4) is 0 Å². The van der Waals surface area contributed by atoms with Crippen molar-refractivity contribution in [3.63, 3.8) is 0 Å². The standard InChI is InChI=1S/C66H36F12N6/c67-63(68,69)42-22-24-44(52(34-42)65(73,74)75)39-19-26-56-48(31-39)46-15-7-9-17-54(46)83(56)58-28-21-41(62-81-60(37-11-3-1-4-12-37)80-61(82-62)38-13-5-2-6-14-38)33-50(58)51-36-79-30-29-59(51)84-55-18-10-8-16-47(55)49-32-40(20-27-57(49)84)45-25-23-43(64(70,71)72)35-53(45)66(76,77)78/h1-36H. The SMILES string of the molecule is FC(F)(F)c1ccc(-c2ccc3c(c2)c2ccccc2n3-c2ccncc2-c2cc(-c3nc(-c4ccccc4)nc(-c4ccccc4)n3)ccc2-n2c3ccccc3c3cc(-c4ccc(C(F)(F)F)cc4C(F)(F)F)ccc32)c(C(F)(F)F)c1. The fraction of sp³-hybridized carbons (Fsp3) is 0.0606. The summed E-state index contributed by atoms with van der Waals surface area (Å²) in [5.74, 6) is 1.02. The summed E-state index contributed by atoms with van der Waals surface area (Å²) in [5, 5.41) is 2.13. The molecule has 18 heteroatoms. The smallest absolute Gasteiger partial charge is 0.309 e. The molecule has 0 aliphatic rings. The molecule has 0 fully saturated rings. The average Bonchev–Trinajstić information content (AvgIpc) is 1.67. The van der Waals surface area contributed by atoms with Crippen molar-refractivity contribution >= 4 is 43.6 Å². The van der Waals surface area contributed by atoms with Gasteiger partial charge in [-0.05, 0) is 107 Å². The molecule has 414 valence electrons. The second-order valence-corrected chi connectivity index (χ2v) is 19.8. The minimum absolute atomic E-state index is 0.0114. The minimum atomic E-state index is -5.15. The van der Waals surface area contributed by atoms with Crippen LogP contribution >= 0.6 is 0 Å². The van der Waals surface area contributed by atoms with Gasteiger partial charge in [-0.1, -0.05) is 121 Å². The Kier molecular flexibility index (Phi) is 12.6. The van der Waals surface area contributed by atoms with Crippen LogP contribution in [-0.2, 0) is 24.7 Å². The number of hydrogen-bond acceptors (Lipinski definition) is 4. The molecule has 0 atom stereocenters. The van der Waals surface area contributed by atoms with E-state index >= 15 is 0 Å². The highest BCUT2D eigenvalue weighted by Gasteiger charge is 2.40. The Morgan fingerprint density at radius 3 is 1.14 bits per heavy atom. The number of aromatic nitrogens is 6. The highest BCUT2D eigenvalue weighted by Crippen LogP contribution is 2.47. The first-order valence-electron chi connectivity index (χ1n) is 25.8. The first kappa shape index (κ1) is 53.2. The third kappa shape index (κ3) is 9.42. The molecule has 9 aromatic carbocycles. The predicted molar refractivity (Wildman–Crippen MR) is 299 cm³/mol. The van der Waals surface area contributed by atoms with Crippen molar-refractivity contribution in [3.05, 3.63) is 241 Å². The molecule has 0 bridgehead atoms. The number of alkyl halides is 12. The normalized spacial score (nSPS) is 12.5. The van der Waals surface area contributed by atoms with E-state index in [1.807, 2.05) is 100 Å². The lowest BCUT2D eigenvalue weighted by atomic mass is 9.95. The van der Waals surface area contributed by atoms with Gasteiger partial charge in [0.25, 0.3) is 0 Å². The molecule has 13 aromatic rings. The minimum Gasteiger partial charge on any atom is -0.309 e. The summed E-state index contributed by atoms with van der Waals surface area (Å²) in [6.07, 6.45) is -17.2. The molecule has 4 aromatic heterocycles. The van der Waals surface area contributed by atoms with Crippen LogP contribution in [0.15, 0.2) is 219 Å². The number of pyridine rings is 1. The lowest BCUT2D eigenvalue weighted by Gasteiger charge is -2.19. The topological polar surface area (TPSA) is 61.4 Å². The van der Waals surface area contributed by atoms with Gasteiger partial charge >= 0.3 is 24.7 Å². The van der Waals surface area contributed by atoms with Gasteiger partial charge in [-0.2, -0.15) is 52.7 Å². The van der Waals surface area contributed by atoms with Crippen molar-refractivity contribution in [3.8, 4) is 78.9 Å². The third-order valence-corrected chi connectivity index (χ3v) is 14.8. The molecular weight excluding hydrogens is 1100 g/mol. The van der Waals surface area contributed by atoms with Crippen LogP contribution in [0, 0.1) is 0 Å². The molecule has 0 unspecified atom stereocenters. The Morgan fingerprint density at radius 1 is 0.286 bits per heavy atom. The van der Waals surface area contributed by atoms with Gasteiger partial charge in [0.1, 0.15) is 0 Å². The van der Waals surface area contributed by atoms with E-state index in [1.165, 1.54) is 24.3 Å². The Bertz CT molecular complexity index is 4670. The summed E-state index contributed by atoms with van der Waals surface area (Å²) < 4.78 is 175. The van der Waals surface area contributed by atoms with Crippen LogP contribution < -0.4 is 0 Å². The average molecular weight is 1140 g/mol. The molecule has 0 spiro atoms. The van der Waals surface area contributed by atoms with Crippen LogP contribution in [0.2, 0.25) is 0 Å². The Balaban J connectivity index is 1.07. The predicted octanol–water partition coefficient (Wildman–Crippen LogP) is 19.5. The molecule has 0 saturated carbocycles. The number of para-hydroxylation sites is 2.